The molecule has 0 aromatic carbocycles. The number of ether oxygens (including phenoxy) is 1. The summed E-state index contributed by atoms with van der Waals surface area (Å²) < 4.78 is 46.8. The van der Waals surface area contributed by atoms with Crippen molar-refractivity contribution in [2.75, 3.05) is 39.9 Å². The van der Waals surface area contributed by atoms with Crippen LogP contribution in [0.2, 0.25) is 0 Å². The van der Waals surface area contributed by atoms with Crippen molar-refractivity contribution in [2.45, 2.75) is 70.3 Å². The lowest BCUT2D eigenvalue weighted by molar-refractivity contribution is -0.176. The Balaban J connectivity index is 1.40. The van der Waals surface area contributed by atoms with Crippen LogP contribution in [0.1, 0.15) is 46.0 Å². The van der Waals surface area contributed by atoms with Crippen LogP contribution in [-0.4, -0.2) is 91.0 Å². The molecule has 5 rings (SSSR count). The number of likely N-dealkylation sites (tertiary alicyclic amines) is 1. The van der Waals surface area contributed by atoms with Crippen LogP contribution in [0.15, 0.2) is 52.3 Å². The van der Waals surface area contributed by atoms with Crippen LogP contribution in [0.5, 0.6) is 0 Å². The second-order valence-electron chi connectivity index (χ2n) is 11.8. The highest BCUT2D eigenvalue weighted by molar-refractivity contribution is 5.92. The van der Waals surface area contributed by atoms with Gasteiger partial charge in [0.15, 0.2) is 0 Å². The maximum Gasteiger partial charge on any atom is 0.404 e. The van der Waals surface area contributed by atoms with Crippen molar-refractivity contribution in [2.24, 2.45) is 22.7 Å². The van der Waals surface area contributed by atoms with Crippen LogP contribution in [0, 0.1) is 17.8 Å². The van der Waals surface area contributed by atoms with E-state index in [9.17, 15) is 18.0 Å². The molecule has 1 aliphatic carbocycles. The Bertz CT molecular complexity index is 1070. The molecule has 9 heteroatoms. The molecule has 0 spiro atoms. The summed E-state index contributed by atoms with van der Waals surface area (Å²) in [4.78, 5) is 23.1. The van der Waals surface area contributed by atoms with E-state index in [1.807, 2.05) is 18.4 Å². The first-order chi connectivity index (χ1) is 18.7. The minimum atomic E-state index is -4.21. The highest BCUT2D eigenvalue weighted by Gasteiger charge is 2.48. The van der Waals surface area contributed by atoms with Crippen molar-refractivity contribution in [1.29, 1.82) is 0 Å². The van der Waals surface area contributed by atoms with Crippen molar-refractivity contribution in [3.05, 3.63) is 47.3 Å². The number of halogens is 3. The summed E-state index contributed by atoms with van der Waals surface area (Å²) in [5.74, 6) is 0.755. The lowest BCUT2D eigenvalue weighted by atomic mass is 9.82. The Labute approximate surface area is 229 Å². The van der Waals surface area contributed by atoms with Gasteiger partial charge < -0.3 is 9.64 Å². The van der Waals surface area contributed by atoms with Gasteiger partial charge in [-0.1, -0.05) is 37.6 Å². The third-order valence-electron chi connectivity index (χ3n) is 9.10. The van der Waals surface area contributed by atoms with E-state index < -0.39 is 12.2 Å². The lowest BCUT2D eigenvalue weighted by Crippen LogP contribution is -2.51. The van der Waals surface area contributed by atoms with Crippen molar-refractivity contribution in [1.82, 2.24) is 14.7 Å². The maximum atomic E-state index is 13.8. The van der Waals surface area contributed by atoms with Gasteiger partial charge in [-0.2, -0.15) is 13.2 Å². The molecule has 4 aliphatic heterocycles. The molecule has 2 fully saturated rings. The third kappa shape index (κ3) is 5.95. The van der Waals surface area contributed by atoms with Gasteiger partial charge in [0.25, 0.3) is 0 Å². The van der Waals surface area contributed by atoms with E-state index in [0.717, 1.165) is 41.8 Å². The number of alkyl halides is 3. The SMILES string of the molecule is CCCC(C)N(C)CC1=C(C=O)C=CC(C2=CC(CN3CCCC3C(F)(F)F)C3C=CN(C4COC4)C3=N2)C1. The number of aldehydes is 1. The van der Waals surface area contributed by atoms with Crippen LogP contribution in [-0.2, 0) is 9.53 Å². The highest BCUT2D eigenvalue weighted by atomic mass is 19.4. The summed E-state index contributed by atoms with van der Waals surface area (Å²) in [5, 5.41) is 0. The number of carbonyl (C=O) groups excluding carboxylic acids is 1. The summed E-state index contributed by atoms with van der Waals surface area (Å²) in [6.45, 7) is 7.17. The predicted molar refractivity (Wildman–Crippen MR) is 146 cm³/mol. The Kier molecular flexibility index (Phi) is 8.50. The second kappa shape index (κ2) is 11.7. The van der Waals surface area contributed by atoms with Crippen LogP contribution in [0.3, 0.4) is 0 Å². The number of nitrogens with zero attached hydrogens (tertiary/aromatic N) is 4. The van der Waals surface area contributed by atoms with Crippen LogP contribution in [0.4, 0.5) is 13.2 Å². The zero-order valence-electron chi connectivity index (χ0n) is 23.2. The first kappa shape index (κ1) is 28.3. The standard InChI is InChI=1S/C30H41F3N4O2/c1-4-6-20(2)35(3)15-23-13-21(8-9-22(23)17-38)27-14-24(16-36-11-5-7-28(36)30(31,32)33)26-10-12-37(29(26)34-27)25-18-39-19-25/h8-10,12,14,17,20-21,24-26,28H,4-7,11,13,15-16,18-19H2,1-3H3. The molecule has 0 saturated carbocycles. The molecular weight excluding hydrogens is 505 g/mol. The van der Waals surface area contributed by atoms with E-state index in [-0.39, 0.29) is 30.2 Å². The van der Waals surface area contributed by atoms with E-state index in [1.165, 1.54) is 0 Å². The van der Waals surface area contributed by atoms with Crippen molar-refractivity contribution < 1.29 is 22.7 Å². The Hall–Kier alpha value is -2.23. The molecule has 0 radical (unpaired) electrons. The van der Waals surface area contributed by atoms with Crippen LogP contribution < -0.4 is 0 Å². The molecule has 5 aliphatic rings. The molecule has 0 N–H and O–H groups in total. The van der Waals surface area contributed by atoms with E-state index in [4.69, 9.17) is 9.73 Å². The Morgan fingerprint density at radius 2 is 2.08 bits per heavy atom. The first-order valence-corrected chi connectivity index (χ1v) is 14.4. The fourth-order valence-electron chi connectivity index (χ4n) is 6.60. The van der Waals surface area contributed by atoms with Gasteiger partial charge in [-0.3, -0.25) is 14.6 Å². The van der Waals surface area contributed by atoms with Gasteiger partial charge in [-0.05, 0) is 51.8 Å². The first-order valence-electron chi connectivity index (χ1n) is 14.4. The number of carbonyl (C=O) groups is 1. The fourth-order valence-corrected chi connectivity index (χ4v) is 6.60. The molecule has 4 heterocycles. The molecule has 5 atom stereocenters. The smallest absolute Gasteiger partial charge is 0.377 e. The largest absolute Gasteiger partial charge is 0.404 e. The number of amidine groups is 1. The summed E-state index contributed by atoms with van der Waals surface area (Å²) in [6, 6.07) is -0.755. The van der Waals surface area contributed by atoms with Crippen LogP contribution >= 0.6 is 0 Å². The van der Waals surface area contributed by atoms with Crippen molar-refractivity contribution in [3.8, 4) is 0 Å². The summed E-state index contributed by atoms with van der Waals surface area (Å²) in [7, 11) is 2.10. The van der Waals surface area contributed by atoms with Gasteiger partial charge in [0.2, 0.25) is 0 Å². The molecule has 2 saturated heterocycles. The monoisotopic (exact) mass is 546 g/mol. The molecule has 214 valence electrons. The van der Waals surface area contributed by atoms with Gasteiger partial charge >= 0.3 is 6.18 Å². The Morgan fingerprint density at radius 1 is 1.28 bits per heavy atom. The fraction of sp³-hybridized carbons (Fsp3) is 0.667. The molecule has 5 unspecified atom stereocenters. The molecule has 39 heavy (non-hydrogen) atoms. The molecule has 6 nitrogen and oxygen atoms in total. The normalized spacial score (nSPS) is 30.5. The number of allylic oxidation sites excluding steroid dienone is 3. The lowest BCUT2D eigenvalue weighted by Gasteiger charge is -2.39. The van der Waals surface area contributed by atoms with Crippen molar-refractivity contribution >= 4 is 12.1 Å². The number of likely N-dealkylation sites (N-methyl/N-ethyl adjacent to an activating group) is 1. The number of rotatable bonds is 10. The minimum Gasteiger partial charge on any atom is -0.377 e. The summed E-state index contributed by atoms with van der Waals surface area (Å²) in [5.41, 5.74) is 2.71. The zero-order chi connectivity index (χ0) is 27.7. The van der Waals surface area contributed by atoms with Crippen molar-refractivity contribution in [3.63, 3.8) is 0 Å². The Morgan fingerprint density at radius 3 is 2.74 bits per heavy atom. The molecule has 0 bridgehead atoms. The quantitative estimate of drug-likeness (QED) is 0.363. The third-order valence-corrected chi connectivity index (χ3v) is 9.10. The molecule has 0 amide bonds. The van der Waals surface area contributed by atoms with E-state index in [2.05, 4.69) is 42.8 Å². The van der Waals surface area contributed by atoms with Crippen LogP contribution in [0.25, 0.3) is 0 Å². The summed E-state index contributed by atoms with van der Waals surface area (Å²) in [6.07, 6.45) is 10.5. The number of hydrogen-bond acceptors (Lipinski definition) is 6. The molecule has 0 aromatic rings. The highest BCUT2D eigenvalue weighted by Crippen LogP contribution is 2.40. The van der Waals surface area contributed by atoms with E-state index in [1.54, 1.807) is 4.90 Å². The topological polar surface area (TPSA) is 48.4 Å². The van der Waals surface area contributed by atoms with E-state index in [0.29, 0.717) is 51.7 Å². The second-order valence-corrected chi connectivity index (χ2v) is 11.8. The van der Waals surface area contributed by atoms with Gasteiger partial charge in [0.05, 0.1) is 19.3 Å². The average molecular weight is 547 g/mol. The average Bonchev–Trinajstić information content (AvgIpc) is 3.51. The predicted octanol–water partition coefficient (Wildman–Crippen LogP) is 4.96. The van der Waals surface area contributed by atoms with Gasteiger partial charge in [0, 0.05) is 54.4 Å². The number of fused-ring (bicyclic) bond motifs is 1. The summed E-state index contributed by atoms with van der Waals surface area (Å²) >= 11 is 0. The number of aliphatic imine (C=N–C) groups is 1. The maximum absolute atomic E-state index is 13.8. The minimum absolute atomic E-state index is 0.0217. The molecular formula is C30H41F3N4O2. The van der Waals surface area contributed by atoms with Gasteiger partial charge in [0.1, 0.15) is 18.2 Å². The van der Waals surface area contributed by atoms with Gasteiger partial charge in [-0.25, -0.2) is 4.99 Å². The molecule has 0 aromatic heterocycles. The number of hydrogen-bond donors (Lipinski definition) is 0. The van der Waals surface area contributed by atoms with E-state index >= 15 is 0 Å². The van der Waals surface area contributed by atoms with Gasteiger partial charge in [-0.15, -0.1) is 0 Å². The zero-order valence-corrected chi connectivity index (χ0v) is 23.2.